The SMILES string of the molecule is Cc1cc(F)c(CNC(=O)c2cn3c(c(O)c2=O)C(=O)N2C[C@@H]3CC[C@H](C)[C@@H]2C)c(F)c1. The van der Waals surface area contributed by atoms with E-state index >= 15 is 0 Å². The fraction of sp³-hybridized carbons (Fsp3) is 0.435. The number of fused-ring (bicyclic) bond motifs is 4. The van der Waals surface area contributed by atoms with E-state index in [1.54, 1.807) is 11.8 Å². The quantitative estimate of drug-likeness (QED) is 0.760. The third-order valence-electron chi connectivity index (χ3n) is 6.70. The van der Waals surface area contributed by atoms with Gasteiger partial charge in [0, 0.05) is 30.9 Å². The van der Waals surface area contributed by atoms with E-state index in [0.29, 0.717) is 18.5 Å². The number of benzene rings is 1. The number of hydrogen-bond donors (Lipinski definition) is 2. The number of carbonyl (C=O) groups excluding carboxylic acids is 2. The van der Waals surface area contributed by atoms with Crippen molar-refractivity contribution in [2.75, 3.05) is 6.54 Å². The Labute approximate surface area is 183 Å². The Morgan fingerprint density at radius 3 is 2.50 bits per heavy atom. The molecule has 2 amide bonds. The van der Waals surface area contributed by atoms with Crippen molar-refractivity contribution in [3.8, 4) is 5.75 Å². The molecule has 7 nitrogen and oxygen atoms in total. The lowest BCUT2D eigenvalue weighted by molar-refractivity contribution is 0.0570. The summed E-state index contributed by atoms with van der Waals surface area (Å²) in [6.07, 6.45) is 2.83. The molecule has 3 heterocycles. The summed E-state index contributed by atoms with van der Waals surface area (Å²) in [7, 11) is 0. The van der Waals surface area contributed by atoms with Gasteiger partial charge >= 0.3 is 0 Å². The van der Waals surface area contributed by atoms with Crippen LogP contribution in [0.3, 0.4) is 0 Å². The minimum atomic E-state index is -0.993. The van der Waals surface area contributed by atoms with Gasteiger partial charge in [0.05, 0.1) is 6.04 Å². The van der Waals surface area contributed by atoms with E-state index in [0.717, 1.165) is 18.6 Å². The Balaban J connectivity index is 1.68. The zero-order valence-corrected chi connectivity index (χ0v) is 18.1. The number of aromatic hydroxyl groups is 1. The van der Waals surface area contributed by atoms with Crippen LogP contribution in [0, 0.1) is 24.5 Å². The Bertz CT molecular complexity index is 1150. The predicted octanol–water partition coefficient (Wildman–Crippen LogP) is 2.89. The zero-order chi connectivity index (χ0) is 23.3. The number of nitrogens with zero attached hydrogens (tertiary/aromatic N) is 2. The van der Waals surface area contributed by atoms with Crippen molar-refractivity contribution in [2.24, 2.45) is 5.92 Å². The fourth-order valence-corrected chi connectivity index (χ4v) is 4.56. The standard InChI is InChI=1S/C23H25F2N3O4/c1-11-6-17(24)15(18(25)7-11)8-26-22(31)16-10-28-14-5-4-12(2)13(3)27(9-14)23(32)19(28)21(30)20(16)29/h6-7,10,12-14,30H,4-5,8-9H2,1-3H3,(H,26,31)/t12-,13-,14-/m0/s1. The molecule has 170 valence electrons. The van der Waals surface area contributed by atoms with Gasteiger partial charge in [0.1, 0.15) is 17.2 Å². The maximum absolute atomic E-state index is 14.1. The second kappa shape index (κ2) is 8.03. The van der Waals surface area contributed by atoms with Gasteiger partial charge in [-0.2, -0.15) is 0 Å². The van der Waals surface area contributed by atoms with E-state index < -0.39 is 41.2 Å². The molecule has 2 aliphatic rings. The van der Waals surface area contributed by atoms with Crippen molar-refractivity contribution in [2.45, 2.75) is 52.2 Å². The number of aryl methyl sites for hydroxylation is 1. The van der Waals surface area contributed by atoms with E-state index in [9.17, 15) is 28.3 Å². The van der Waals surface area contributed by atoms with Crippen molar-refractivity contribution in [1.82, 2.24) is 14.8 Å². The van der Waals surface area contributed by atoms with Crippen molar-refractivity contribution >= 4 is 11.8 Å². The smallest absolute Gasteiger partial charge is 0.274 e. The molecule has 1 aromatic heterocycles. The minimum absolute atomic E-state index is 0.0435. The Morgan fingerprint density at radius 1 is 1.19 bits per heavy atom. The summed E-state index contributed by atoms with van der Waals surface area (Å²) in [6.45, 7) is 5.49. The first-order valence-corrected chi connectivity index (χ1v) is 10.6. The second-order valence-corrected chi connectivity index (χ2v) is 8.77. The summed E-state index contributed by atoms with van der Waals surface area (Å²) >= 11 is 0. The molecule has 1 fully saturated rings. The molecule has 2 aliphatic heterocycles. The average Bonchev–Trinajstić information content (AvgIpc) is 2.85. The molecule has 1 saturated heterocycles. The molecule has 0 radical (unpaired) electrons. The van der Waals surface area contributed by atoms with Gasteiger partial charge < -0.3 is 19.9 Å². The van der Waals surface area contributed by atoms with E-state index in [2.05, 4.69) is 12.2 Å². The topological polar surface area (TPSA) is 91.6 Å². The highest BCUT2D eigenvalue weighted by atomic mass is 19.1. The van der Waals surface area contributed by atoms with Crippen LogP contribution >= 0.6 is 0 Å². The third-order valence-corrected chi connectivity index (χ3v) is 6.70. The fourth-order valence-electron chi connectivity index (χ4n) is 4.56. The number of aromatic nitrogens is 1. The lowest BCUT2D eigenvalue weighted by Crippen LogP contribution is -2.48. The molecule has 1 aromatic carbocycles. The summed E-state index contributed by atoms with van der Waals surface area (Å²) < 4.78 is 29.7. The van der Waals surface area contributed by atoms with Gasteiger partial charge in [-0.05, 0) is 50.3 Å². The van der Waals surface area contributed by atoms with Crippen LogP contribution in [0.1, 0.15) is 64.7 Å². The zero-order valence-electron chi connectivity index (χ0n) is 18.1. The number of nitrogens with one attached hydrogen (secondary N) is 1. The van der Waals surface area contributed by atoms with Crippen molar-refractivity contribution < 1.29 is 23.5 Å². The molecule has 0 unspecified atom stereocenters. The molecule has 2 bridgehead atoms. The molecule has 2 N–H and O–H groups in total. The van der Waals surface area contributed by atoms with Gasteiger partial charge in [-0.25, -0.2) is 8.78 Å². The predicted molar refractivity (Wildman–Crippen MR) is 113 cm³/mol. The van der Waals surface area contributed by atoms with Crippen LogP contribution in [0.2, 0.25) is 0 Å². The molecule has 2 aromatic rings. The summed E-state index contributed by atoms with van der Waals surface area (Å²) in [5.74, 6) is -3.49. The number of carbonyl (C=O) groups is 2. The number of amides is 2. The van der Waals surface area contributed by atoms with Crippen LogP contribution in [0.5, 0.6) is 5.75 Å². The molecule has 4 rings (SSSR count). The Morgan fingerprint density at radius 2 is 1.84 bits per heavy atom. The highest BCUT2D eigenvalue weighted by Crippen LogP contribution is 2.36. The molecule has 0 saturated carbocycles. The van der Waals surface area contributed by atoms with Gasteiger partial charge in [-0.3, -0.25) is 14.4 Å². The average molecular weight is 445 g/mol. The van der Waals surface area contributed by atoms with E-state index in [-0.39, 0.29) is 34.8 Å². The first-order chi connectivity index (χ1) is 15.1. The van der Waals surface area contributed by atoms with Crippen LogP contribution in [0.4, 0.5) is 8.78 Å². The highest BCUT2D eigenvalue weighted by molar-refractivity contribution is 5.99. The summed E-state index contributed by atoms with van der Waals surface area (Å²) in [6, 6.07) is 2.06. The first-order valence-electron chi connectivity index (χ1n) is 10.6. The van der Waals surface area contributed by atoms with Gasteiger partial charge in [0.2, 0.25) is 5.43 Å². The molecule has 0 aliphatic carbocycles. The molecule has 9 heteroatoms. The van der Waals surface area contributed by atoms with Crippen molar-refractivity contribution in [3.05, 3.63) is 62.6 Å². The van der Waals surface area contributed by atoms with Crippen LogP contribution in [0.15, 0.2) is 23.1 Å². The molecule has 3 atom stereocenters. The van der Waals surface area contributed by atoms with E-state index in [4.69, 9.17) is 0 Å². The summed E-state index contributed by atoms with van der Waals surface area (Å²) in [5.41, 5.74) is -1.43. The lowest BCUT2D eigenvalue weighted by Gasteiger charge is -2.38. The number of pyridine rings is 1. The van der Waals surface area contributed by atoms with Gasteiger partial charge in [0.15, 0.2) is 11.4 Å². The maximum atomic E-state index is 14.1. The van der Waals surface area contributed by atoms with Crippen LogP contribution in [0.25, 0.3) is 0 Å². The Kier molecular flexibility index (Phi) is 5.52. The van der Waals surface area contributed by atoms with Gasteiger partial charge in [0.25, 0.3) is 11.8 Å². The van der Waals surface area contributed by atoms with Gasteiger partial charge in [-0.15, -0.1) is 0 Å². The van der Waals surface area contributed by atoms with E-state index in [1.165, 1.54) is 10.8 Å². The number of hydrogen-bond acceptors (Lipinski definition) is 4. The lowest BCUT2D eigenvalue weighted by atomic mass is 9.98. The number of halogens is 2. The third kappa shape index (κ3) is 3.55. The van der Waals surface area contributed by atoms with Crippen LogP contribution < -0.4 is 10.7 Å². The molecule has 32 heavy (non-hydrogen) atoms. The van der Waals surface area contributed by atoms with Crippen LogP contribution in [-0.4, -0.2) is 39.0 Å². The van der Waals surface area contributed by atoms with Crippen molar-refractivity contribution in [1.29, 1.82) is 0 Å². The van der Waals surface area contributed by atoms with Gasteiger partial charge in [-0.1, -0.05) is 6.92 Å². The largest absolute Gasteiger partial charge is 0.503 e. The molecule has 0 spiro atoms. The first kappa shape index (κ1) is 22.0. The monoisotopic (exact) mass is 445 g/mol. The summed E-state index contributed by atoms with van der Waals surface area (Å²) in [5, 5.41) is 12.9. The number of rotatable bonds is 3. The molecular formula is C23H25F2N3O4. The second-order valence-electron chi connectivity index (χ2n) is 8.77. The highest BCUT2D eigenvalue weighted by Gasteiger charge is 2.40. The maximum Gasteiger partial charge on any atom is 0.274 e. The Hall–Kier alpha value is -3.23. The van der Waals surface area contributed by atoms with Crippen molar-refractivity contribution in [3.63, 3.8) is 0 Å². The summed E-state index contributed by atoms with van der Waals surface area (Å²) in [4.78, 5) is 40.1. The normalized spacial score (nSPS) is 22.3. The minimum Gasteiger partial charge on any atom is -0.503 e. The van der Waals surface area contributed by atoms with E-state index in [1.807, 2.05) is 6.92 Å². The van der Waals surface area contributed by atoms with Crippen LogP contribution in [-0.2, 0) is 6.54 Å². The molecular weight excluding hydrogens is 420 g/mol.